The minimum Gasteiger partial charge on any atom is -0.345 e. The molecule has 0 atom stereocenters. The fourth-order valence-electron chi connectivity index (χ4n) is 5.56. The molecule has 0 aromatic heterocycles. The fourth-order valence-corrected chi connectivity index (χ4v) is 5.56. The van der Waals surface area contributed by atoms with Gasteiger partial charge < -0.3 is 9.80 Å². The first-order valence-electron chi connectivity index (χ1n) is 15.0. The molecule has 0 amide bonds. The normalized spacial score (nSPS) is 11.3. The summed E-state index contributed by atoms with van der Waals surface area (Å²) in [7, 11) is 2.12. The molecular weight excluding hydrogens is 532 g/mol. The lowest BCUT2D eigenvalue weighted by atomic mass is 10.0. The third kappa shape index (κ3) is 6.40. The largest absolute Gasteiger partial charge is 0.345 e. The van der Waals surface area contributed by atoms with E-state index in [1.54, 1.807) is 6.08 Å². The molecule has 0 radical (unpaired) electrons. The molecular formula is C42H36N2. The molecule has 2 heteroatoms. The lowest BCUT2D eigenvalue weighted by molar-refractivity contribution is 1.20. The summed E-state index contributed by atoms with van der Waals surface area (Å²) in [4.78, 5) is 4.60. The highest BCUT2D eigenvalue weighted by molar-refractivity contribution is 5.99. The summed E-state index contributed by atoms with van der Waals surface area (Å²) in [5, 5.41) is 2.44. The molecule has 0 unspecified atom stereocenters. The highest BCUT2D eigenvalue weighted by Crippen LogP contribution is 2.40. The lowest BCUT2D eigenvalue weighted by Crippen LogP contribution is -2.12. The average Bonchev–Trinajstić information content (AvgIpc) is 3.09. The number of hydrogen-bond acceptors (Lipinski definition) is 2. The molecule has 6 aromatic rings. The van der Waals surface area contributed by atoms with Gasteiger partial charge in [0.05, 0.1) is 5.69 Å². The van der Waals surface area contributed by atoms with Crippen molar-refractivity contribution in [3.63, 3.8) is 0 Å². The predicted octanol–water partition coefficient (Wildman–Crippen LogP) is 11.6. The molecule has 0 aliphatic carbocycles. The Morgan fingerprint density at radius 2 is 1.18 bits per heavy atom. The third-order valence-electron chi connectivity index (χ3n) is 7.88. The van der Waals surface area contributed by atoms with Gasteiger partial charge in [-0.3, -0.25) is 0 Å². The van der Waals surface area contributed by atoms with Crippen LogP contribution in [0.5, 0.6) is 0 Å². The van der Waals surface area contributed by atoms with E-state index in [0.29, 0.717) is 0 Å². The van der Waals surface area contributed by atoms with Crippen LogP contribution in [0.15, 0.2) is 183 Å². The highest BCUT2D eigenvalue weighted by Gasteiger charge is 2.16. The average molecular weight is 569 g/mol. The van der Waals surface area contributed by atoms with Crippen molar-refractivity contribution in [3.8, 4) is 11.1 Å². The van der Waals surface area contributed by atoms with Crippen molar-refractivity contribution in [1.29, 1.82) is 0 Å². The Bertz CT molecular complexity index is 1890. The van der Waals surface area contributed by atoms with E-state index >= 15 is 0 Å². The molecule has 6 aromatic carbocycles. The van der Waals surface area contributed by atoms with Crippen LogP contribution in [-0.2, 0) is 6.42 Å². The third-order valence-corrected chi connectivity index (χ3v) is 7.88. The van der Waals surface area contributed by atoms with E-state index in [1.807, 2.05) is 12.2 Å². The first-order valence-corrected chi connectivity index (χ1v) is 15.0. The Labute approximate surface area is 261 Å². The molecule has 0 bridgehead atoms. The molecule has 44 heavy (non-hydrogen) atoms. The van der Waals surface area contributed by atoms with E-state index in [2.05, 4.69) is 181 Å². The molecule has 214 valence electrons. The van der Waals surface area contributed by atoms with Gasteiger partial charge in [-0.25, -0.2) is 0 Å². The minimum atomic E-state index is 0.853. The van der Waals surface area contributed by atoms with Crippen LogP contribution in [0.1, 0.15) is 5.56 Å². The number of rotatable bonds is 10. The number of nitrogens with zero attached hydrogens (tertiary/aromatic N) is 2. The van der Waals surface area contributed by atoms with Crippen LogP contribution in [-0.4, -0.2) is 7.05 Å². The van der Waals surface area contributed by atoms with Crippen LogP contribution >= 0.6 is 0 Å². The molecule has 0 saturated heterocycles. The Balaban J connectivity index is 1.33. The SMILES string of the molecule is C=C/C=C\C=C/Cc1cccc(N(c2ccc(N(C)c3ccc(-c4ccccc4)cc3)cc2)c2cccc3ccccc23)c1. The van der Waals surface area contributed by atoms with Crippen LogP contribution in [0.3, 0.4) is 0 Å². The number of allylic oxidation sites excluding steroid dienone is 5. The van der Waals surface area contributed by atoms with Crippen molar-refractivity contribution in [2.75, 3.05) is 16.8 Å². The van der Waals surface area contributed by atoms with E-state index in [1.165, 1.54) is 27.5 Å². The quantitative estimate of drug-likeness (QED) is 0.152. The molecule has 2 nitrogen and oxygen atoms in total. The van der Waals surface area contributed by atoms with Crippen molar-refractivity contribution in [3.05, 3.63) is 188 Å². The van der Waals surface area contributed by atoms with Crippen molar-refractivity contribution in [1.82, 2.24) is 0 Å². The van der Waals surface area contributed by atoms with Gasteiger partial charge in [-0.1, -0.05) is 128 Å². The van der Waals surface area contributed by atoms with E-state index < -0.39 is 0 Å². The van der Waals surface area contributed by atoms with Crippen LogP contribution in [0.2, 0.25) is 0 Å². The second kappa shape index (κ2) is 13.6. The molecule has 0 aliphatic rings. The van der Waals surface area contributed by atoms with E-state index in [4.69, 9.17) is 0 Å². The van der Waals surface area contributed by atoms with Crippen LogP contribution in [0.4, 0.5) is 28.4 Å². The number of fused-ring (bicyclic) bond motifs is 1. The van der Waals surface area contributed by atoms with E-state index in [-0.39, 0.29) is 0 Å². The first kappa shape index (κ1) is 28.5. The minimum absolute atomic E-state index is 0.853. The number of hydrogen-bond donors (Lipinski definition) is 0. The summed E-state index contributed by atoms with van der Waals surface area (Å²) in [5.41, 5.74) is 9.37. The topological polar surface area (TPSA) is 6.48 Å². The molecule has 0 saturated carbocycles. The second-order valence-electron chi connectivity index (χ2n) is 10.7. The maximum absolute atomic E-state index is 3.74. The maximum Gasteiger partial charge on any atom is 0.0540 e. The van der Waals surface area contributed by atoms with Gasteiger partial charge in [0.1, 0.15) is 0 Å². The monoisotopic (exact) mass is 568 g/mol. The Hall–Kier alpha value is -5.60. The van der Waals surface area contributed by atoms with Gasteiger partial charge in [0.15, 0.2) is 0 Å². The van der Waals surface area contributed by atoms with Gasteiger partial charge in [-0.2, -0.15) is 0 Å². The van der Waals surface area contributed by atoms with Gasteiger partial charge in [-0.15, -0.1) is 0 Å². The van der Waals surface area contributed by atoms with Crippen molar-refractivity contribution in [2.24, 2.45) is 0 Å². The van der Waals surface area contributed by atoms with Gasteiger partial charge in [0.2, 0.25) is 0 Å². The van der Waals surface area contributed by atoms with Gasteiger partial charge in [0, 0.05) is 35.2 Å². The Morgan fingerprint density at radius 1 is 0.545 bits per heavy atom. The van der Waals surface area contributed by atoms with Crippen molar-refractivity contribution in [2.45, 2.75) is 6.42 Å². The zero-order chi connectivity index (χ0) is 30.1. The summed E-state index contributed by atoms with van der Waals surface area (Å²) < 4.78 is 0. The van der Waals surface area contributed by atoms with Gasteiger partial charge >= 0.3 is 0 Å². The van der Waals surface area contributed by atoms with E-state index in [9.17, 15) is 0 Å². The molecule has 0 heterocycles. The van der Waals surface area contributed by atoms with Crippen molar-refractivity contribution >= 4 is 39.2 Å². The van der Waals surface area contributed by atoms with Crippen LogP contribution in [0.25, 0.3) is 21.9 Å². The molecule has 6 rings (SSSR count). The van der Waals surface area contributed by atoms with Gasteiger partial charge in [-0.05, 0) is 83.1 Å². The number of anilines is 5. The van der Waals surface area contributed by atoms with Gasteiger partial charge in [0.25, 0.3) is 0 Å². The van der Waals surface area contributed by atoms with Crippen LogP contribution < -0.4 is 9.80 Å². The summed E-state index contributed by atoms with van der Waals surface area (Å²) in [6.45, 7) is 3.74. The fraction of sp³-hybridized carbons (Fsp3) is 0.0476. The Kier molecular flexibility index (Phi) is 8.80. The summed E-state index contributed by atoms with van der Waals surface area (Å²) in [6, 6.07) is 52.1. The van der Waals surface area contributed by atoms with Crippen molar-refractivity contribution < 1.29 is 0 Å². The summed E-state index contributed by atoms with van der Waals surface area (Å²) in [5.74, 6) is 0. The lowest BCUT2D eigenvalue weighted by Gasteiger charge is -2.28. The number of benzene rings is 6. The molecule has 0 aliphatic heterocycles. The highest BCUT2D eigenvalue weighted by atomic mass is 15.1. The maximum atomic E-state index is 3.74. The molecule has 0 fully saturated rings. The standard InChI is InChI=1S/C42H36N2/c1-3-4-5-6-8-15-33-16-13-21-40(32-33)44(42-23-14-20-36-19-11-12-22-41(36)42)39-30-28-38(29-31-39)43(2)37-26-24-35(25-27-37)34-17-9-7-10-18-34/h3-14,16-32H,1,15H2,2H3/b5-4-,8-6-. The second-order valence-corrected chi connectivity index (χ2v) is 10.7. The Morgan fingerprint density at radius 3 is 1.95 bits per heavy atom. The summed E-state index contributed by atoms with van der Waals surface area (Å²) >= 11 is 0. The summed E-state index contributed by atoms with van der Waals surface area (Å²) in [6.07, 6.45) is 10.8. The smallest absolute Gasteiger partial charge is 0.0540 e. The zero-order valence-electron chi connectivity index (χ0n) is 25.1. The zero-order valence-corrected chi connectivity index (χ0v) is 25.1. The molecule has 0 spiro atoms. The predicted molar refractivity (Wildman–Crippen MR) is 191 cm³/mol. The van der Waals surface area contributed by atoms with Crippen LogP contribution in [0, 0.1) is 0 Å². The molecule has 0 N–H and O–H groups in total. The first-order chi connectivity index (χ1) is 21.7. The van der Waals surface area contributed by atoms with E-state index in [0.717, 1.165) is 34.9 Å².